The van der Waals surface area contributed by atoms with Gasteiger partial charge in [0.25, 0.3) is 0 Å². The molecule has 1 heterocycles. The highest BCUT2D eigenvalue weighted by Gasteiger charge is 2.68. The molecule has 6 heteroatoms. The van der Waals surface area contributed by atoms with Gasteiger partial charge in [0.05, 0.1) is 11.0 Å². The summed E-state index contributed by atoms with van der Waals surface area (Å²) in [5.74, 6) is -3.87. The van der Waals surface area contributed by atoms with Crippen LogP contribution in [0.3, 0.4) is 0 Å². The van der Waals surface area contributed by atoms with Crippen LogP contribution < -0.4 is 0 Å². The Bertz CT molecular complexity index is 499. The molecule has 0 aromatic carbocycles. The highest BCUT2D eigenvalue weighted by molar-refractivity contribution is 6.22. The maximum atomic E-state index is 12.2. The fourth-order valence-electron chi connectivity index (χ4n) is 2.47. The van der Waals surface area contributed by atoms with Crippen molar-refractivity contribution in [1.82, 2.24) is 0 Å². The monoisotopic (exact) mass is 270 g/mol. The number of rotatable bonds is 0. The maximum absolute atomic E-state index is 12.2. The average molecular weight is 270 g/mol. The molecule has 0 radical (unpaired) electrons. The Kier molecular flexibility index (Phi) is 2.65. The Hall–Kier alpha value is -1.08. The van der Waals surface area contributed by atoms with E-state index in [1.807, 2.05) is 0 Å². The molecule has 0 amide bonds. The van der Waals surface area contributed by atoms with Crippen LogP contribution in [0.5, 0.6) is 0 Å². The van der Waals surface area contributed by atoms with E-state index in [0.717, 1.165) is 6.92 Å². The van der Waals surface area contributed by atoms with Crippen LogP contribution in [0.1, 0.15) is 34.6 Å². The van der Waals surface area contributed by atoms with E-state index in [9.17, 15) is 19.8 Å². The number of hydrogen-bond acceptors (Lipinski definition) is 6. The van der Waals surface area contributed by atoms with E-state index in [1.54, 1.807) is 13.8 Å². The molecule has 1 aliphatic heterocycles. The van der Waals surface area contributed by atoms with Gasteiger partial charge in [-0.05, 0) is 40.7 Å². The molecule has 1 fully saturated rings. The summed E-state index contributed by atoms with van der Waals surface area (Å²) >= 11 is 0. The van der Waals surface area contributed by atoms with Crippen molar-refractivity contribution >= 4 is 11.6 Å². The zero-order chi connectivity index (χ0) is 14.9. The molecule has 0 aromatic heterocycles. The number of Topliss-reactive ketones (excluding diaryl/α,β-unsaturated/α-hetero) is 2. The molecule has 2 N–H and O–H groups in total. The van der Waals surface area contributed by atoms with E-state index in [2.05, 4.69) is 0 Å². The summed E-state index contributed by atoms with van der Waals surface area (Å²) in [5, 5.41) is 20.7. The zero-order valence-corrected chi connectivity index (χ0v) is 11.6. The van der Waals surface area contributed by atoms with Crippen molar-refractivity contribution in [3.05, 3.63) is 11.6 Å². The maximum Gasteiger partial charge on any atom is 0.241 e. The van der Waals surface area contributed by atoms with Gasteiger partial charge in [-0.3, -0.25) is 9.59 Å². The van der Waals surface area contributed by atoms with Gasteiger partial charge in [-0.2, -0.15) is 4.89 Å². The molecule has 106 valence electrons. The predicted molar refractivity (Wildman–Crippen MR) is 63.7 cm³/mol. The first-order chi connectivity index (χ1) is 8.36. The summed E-state index contributed by atoms with van der Waals surface area (Å²) in [7, 11) is 0. The van der Waals surface area contributed by atoms with Crippen LogP contribution in [0.2, 0.25) is 0 Å². The molecular weight excluding hydrogens is 252 g/mol. The second-order valence-corrected chi connectivity index (χ2v) is 6.33. The van der Waals surface area contributed by atoms with E-state index in [-0.39, 0.29) is 5.57 Å². The van der Waals surface area contributed by atoms with Crippen LogP contribution >= 0.6 is 0 Å². The molecule has 0 unspecified atom stereocenters. The fourth-order valence-corrected chi connectivity index (χ4v) is 2.47. The minimum Gasteiger partial charge on any atom is -0.374 e. The summed E-state index contributed by atoms with van der Waals surface area (Å²) in [6.07, 6.45) is 1.38. The first-order valence-corrected chi connectivity index (χ1v) is 6.01. The second kappa shape index (κ2) is 3.52. The van der Waals surface area contributed by atoms with Gasteiger partial charge < -0.3 is 10.2 Å². The SMILES string of the molecule is CC1(C)C=C2C(=O)[C@@](C)(O)C(=O)C(C)(C)[C@@]2(O)OO1. The highest BCUT2D eigenvalue weighted by atomic mass is 17.2. The van der Waals surface area contributed by atoms with Crippen molar-refractivity contribution in [2.24, 2.45) is 5.41 Å². The van der Waals surface area contributed by atoms with Crippen molar-refractivity contribution in [3.63, 3.8) is 0 Å². The second-order valence-electron chi connectivity index (χ2n) is 6.33. The lowest BCUT2D eigenvalue weighted by molar-refractivity contribution is -0.462. The van der Waals surface area contributed by atoms with Crippen LogP contribution in [-0.2, 0) is 19.4 Å². The quantitative estimate of drug-likeness (QED) is 0.485. The fraction of sp³-hybridized carbons (Fsp3) is 0.692. The summed E-state index contributed by atoms with van der Waals surface area (Å²) in [4.78, 5) is 34.4. The van der Waals surface area contributed by atoms with Crippen molar-refractivity contribution in [1.29, 1.82) is 0 Å². The molecule has 0 aromatic rings. The van der Waals surface area contributed by atoms with Crippen LogP contribution in [-0.4, -0.2) is 38.8 Å². The molecule has 19 heavy (non-hydrogen) atoms. The third-order valence-corrected chi connectivity index (χ3v) is 3.78. The van der Waals surface area contributed by atoms with Gasteiger partial charge in [0.1, 0.15) is 5.60 Å². The minimum absolute atomic E-state index is 0.154. The number of carbonyl (C=O) groups is 2. The Balaban J connectivity index is 2.71. The van der Waals surface area contributed by atoms with Gasteiger partial charge in [-0.15, -0.1) is 0 Å². The largest absolute Gasteiger partial charge is 0.374 e. The number of fused-ring (bicyclic) bond motifs is 1. The Morgan fingerprint density at radius 3 is 2.05 bits per heavy atom. The van der Waals surface area contributed by atoms with E-state index >= 15 is 0 Å². The summed E-state index contributed by atoms with van der Waals surface area (Å²) in [5.41, 5.74) is -4.80. The van der Waals surface area contributed by atoms with E-state index in [0.29, 0.717) is 0 Å². The topological polar surface area (TPSA) is 93.1 Å². The van der Waals surface area contributed by atoms with Crippen LogP contribution in [0.15, 0.2) is 11.6 Å². The lowest BCUT2D eigenvalue weighted by Crippen LogP contribution is -2.69. The molecule has 0 spiro atoms. The lowest BCUT2D eigenvalue weighted by Gasteiger charge is -2.51. The molecule has 6 nitrogen and oxygen atoms in total. The van der Waals surface area contributed by atoms with Gasteiger partial charge in [-0.25, -0.2) is 4.89 Å². The normalized spacial score (nSPS) is 40.7. The standard InChI is InChI=1S/C13H18O6/c1-10(2)6-7-8(14)12(5,16)9(15)11(3,4)13(7,17)19-18-10/h6,16-17H,1-5H3/t12-,13+/m1/s1. The van der Waals surface area contributed by atoms with Crippen molar-refractivity contribution in [3.8, 4) is 0 Å². The third-order valence-electron chi connectivity index (χ3n) is 3.78. The zero-order valence-electron chi connectivity index (χ0n) is 11.6. The van der Waals surface area contributed by atoms with Gasteiger partial charge in [0.2, 0.25) is 11.6 Å². The van der Waals surface area contributed by atoms with E-state index in [1.165, 1.54) is 19.9 Å². The average Bonchev–Trinajstić information content (AvgIpc) is 2.28. The van der Waals surface area contributed by atoms with E-state index < -0.39 is 34.0 Å². The van der Waals surface area contributed by atoms with Crippen LogP contribution in [0.25, 0.3) is 0 Å². The van der Waals surface area contributed by atoms with Crippen LogP contribution in [0, 0.1) is 5.41 Å². The molecule has 0 saturated heterocycles. The number of carbonyl (C=O) groups excluding carboxylic acids is 2. The molecule has 2 aliphatic rings. The molecular formula is C13H18O6. The first kappa shape index (κ1) is 14.3. The van der Waals surface area contributed by atoms with Crippen LogP contribution in [0.4, 0.5) is 0 Å². The predicted octanol–water partition coefficient (Wildman–Crippen LogP) is 0.271. The molecule has 0 bridgehead atoms. The Labute approximate surface area is 110 Å². The number of hydrogen-bond donors (Lipinski definition) is 2. The third kappa shape index (κ3) is 1.64. The number of ketones is 2. The first-order valence-electron chi connectivity index (χ1n) is 6.01. The van der Waals surface area contributed by atoms with Gasteiger partial charge in [0.15, 0.2) is 11.4 Å². The smallest absolute Gasteiger partial charge is 0.241 e. The van der Waals surface area contributed by atoms with Gasteiger partial charge >= 0.3 is 0 Å². The van der Waals surface area contributed by atoms with Crippen molar-refractivity contribution < 1.29 is 29.6 Å². The van der Waals surface area contributed by atoms with Gasteiger partial charge in [-0.1, -0.05) is 0 Å². The molecule has 2 rings (SSSR count). The lowest BCUT2D eigenvalue weighted by atomic mass is 9.61. The van der Waals surface area contributed by atoms with Crippen molar-refractivity contribution in [2.45, 2.75) is 51.6 Å². The highest BCUT2D eigenvalue weighted by Crippen LogP contribution is 2.50. The summed E-state index contributed by atoms with van der Waals surface area (Å²) in [6.45, 7) is 7.18. The van der Waals surface area contributed by atoms with Gasteiger partial charge in [0, 0.05) is 0 Å². The molecule has 2 atom stereocenters. The molecule has 1 saturated carbocycles. The molecule has 1 aliphatic carbocycles. The van der Waals surface area contributed by atoms with E-state index in [4.69, 9.17) is 9.78 Å². The Morgan fingerprint density at radius 1 is 1.00 bits per heavy atom. The Morgan fingerprint density at radius 2 is 1.53 bits per heavy atom. The number of aliphatic hydroxyl groups is 2. The van der Waals surface area contributed by atoms with Crippen molar-refractivity contribution in [2.75, 3.05) is 0 Å². The summed E-state index contributed by atoms with van der Waals surface area (Å²) in [6, 6.07) is 0. The minimum atomic E-state index is -2.20. The summed E-state index contributed by atoms with van der Waals surface area (Å²) < 4.78 is 0.